The molecule has 1 aromatic rings. The Labute approximate surface area is 93.0 Å². The highest BCUT2D eigenvalue weighted by Crippen LogP contribution is 2.29. The van der Waals surface area contributed by atoms with Crippen molar-refractivity contribution in [3.63, 3.8) is 0 Å². The van der Waals surface area contributed by atoms with Gasteiger partial charge in [0.25, 0.3) is 0 Å². The van der Waals surface area contributed by atoms with E-state index in [0.29, 0.717) is 6.54 Å². The van der Waals surface area contributed by atoms with Crippen molar-refractivity contribution in [2.24, 2.45) is 0 Å². The quantitative estimate of drug-likeness (QED) is 0.624. The summed E-state index contributed by atoms with van der Waals surface area (Å²) < 4.78 is 1.46. The zero-order chi connectivity index (χ0) is 11.6. The van der Waals surface area contributed by atoms with Gasteiger partial charge in [0, 0.05) is 0 Å². The SMILES string of the molecule is O=[N+]([O-])c1cnn(CC2(O)CCCCC2)c1. The lowest BCUT2D eigenvalue weighted by atomic mass is 9.85. The summed E-state index contributed by atoms with van der Waals surface area (Å²) in [6, 6.07) is 0. The van der Waals surface area contributed by atoms with Crippen LogP contribution in [-0.2, 0) is 6.54 Å². The van der Waals surface area contributed by atoms with E-state index in [-0.39, 0.29) is 5.69 Å². The molecule has 0 atom stereocenters. The Bertz CT molecular complexity index is 382. The van der Waals surface area contributed by atoms with Crippen LogP contribution in [0.2, 0.25) is 0 Å². The molecule has 0 bridgehead atoms. The monoisotopic (exact) mass is 225 g/mol. The van der Waals surface area contributed by atoms with Crippen LogP contribution in [0.4, 0.5) is 5.69 Å². The largest absolute Gasteiger partial charge is 0.388 e. The highest BCUT2D eigenvalue weighted by molar-refractivity contribution is 5.20. The maximum Gasteiger partial charge on any atom is 0.306 e. The zero-order valence-corrected chi connectivity index (χ0v) is 9.00. The third-order valence-corrected chi connectivity index (χ3v) is 3.07. The Hall–Kier alpha value is -1.43. The minimum Gasteiger partial charge on any atom is -0.388 e. The number of rotatable bonds is 3. The average molecular weight is 225 g/mol. The van der Waals surface area contributed by atoms with E-state index in [9.17, 15) is 15.2 Å². The second-order valence-electron chi connectivity index (χ2n) is 4.44. The molecule has 6 nitrogen and oxygen atoms in total. The number of aromatic nitrogens is 2. The summed E-state index contributed by atoms with van der Waals surface area (Å²) in [6.07, 6.45) is 7.27. The molecule has 88 valence electrons. The molecule has 16 heavy (non-hydrogen) atoms. The van der Waals surface area contributed by atoms with E-state index in [4.69, 9.17) is 0 Å². The summed E-state index contributed by atoms with van der Waals surface area (Å²) in [4.78, 5) is 10.00. The smallest absolute Gasteiger partial charge is 0.306 e. The lowest BCUT2D eigenvalue weighted by Crippen LogP contribution is -2.36. The standard InChI is InChI=1S/C10H15N3O3/c14-10(4-2-1-3-5-10)8-12-7-9(6-11-12)13(15)16/h6-7,14H,1-5,8H2. The molecule has 0 aliphatic heterocycles. The van der Waals surface area contributed by atoms with Crippen molar-refractivity contribution in [2.45, 2.75) is 44.2 Å². The minimum atomic E-state index is -0.738. The van der Waals surface area contributed by atoms with Gasteiger partial charge in [0.05, 0.1) is 17.1 Å². The molecule has 0 amide bonds. The average Bonchev–Trinajstić information content (AvgIpc) is 2.66. The molecule has 1 aromatic heterocycles. The molecule has 1 saturated carbocycles. The van der Waals surface area contributed by atoms with Gasteiger partial charge in [-0.25, -0.2) is 0 Å². The van der Waals surface area contributed by atoms with Gasteiger partial charge in [-0.1, -0.05) is 19.3 Å². The molecule has 0 aromatic carbocycles. The molecular weight excluding hydrogens is 210 g/mol. The van der Waals surface area contributed by atoms with Gasteiger partial charge >= 0.3 is 5.69 Å². The second-order valence-corrected chi connectivity index (χ2v) is 4.44. The van der Waals surface area contributed by atoms with Crippen LogP contribution in [0.3, 0.4) is 0 Å². The summed E-state index contributed by atoms with van der Waals surface area (Å²) >= 11 is 0. The predicted molar refractivity (Wildman–Crippen MR) is 56.9 cm³/mol. The van der Waals surface area contributed by atoms with Gasteiger partial charge in [0.15, 0.2) is 0 Å². The minimum absolute atomic E-state index is 0.0283. The zero-order valence-electron chi connectivity index (χ0n) is 9.00. The van der Waals surface area contributed by atoms with E-state index in [0.717, 1.165) is 32.1 Å². The molecule has 0 spiro atoms. The number of hydrogen-bond acceptors (Lipinski definition) is 4. The number of nitro groups is 1. The Kier molecular flexibility index (Phi) is 2.91. The summed E-state index contributed by atoms with van der Waals surface area (Å²) in [6.45, 7) is 0.348. The van der Waals surface area contributed by atoms with Crippen molar-refractivity contribution in [3.05, 3.63) is 22.5 Å². The molecule has 1 N–H and O–H groups in total. The normalized spacial score (nSPS) is 19.6. The lowest BCUT2D eigenvalue weighted by molar-refractivity contribution is -0.385. The van der Waals surface area contributed by atoms with Crippen LogP contribution in [0.1, 0.15) is 32.1 Å². The van der Waals surface area contributed by atoms with Gasteiger partial charge in [-0.05, 0) is 12.8 Å². The Morgan fingerprint density at radius 3 is 2.75 bits per heavy atom. The van der Waals surface area contributed by atoms with Crippen molar-refractivity contribution in [1.29, 1.82) is 0 Å². The van der Waals surface area contributed by atoms with Crippen LogP contribution in [0.15, 0.2) is 12.4 Å². The van der Waals surface area contributed by atoms with E-state index in [2.05, 4.69) is 5.10 Å². The number of nitrogens with zero attached hydrogens (tertiary/aromatic N) is 3. The van der Waals surface area contributed by atoms with Crippen LogP contribution in [0, 0.1) is 10.1 Å². The van der Waals surface area contributed by atoms with Crippen LogP contribution in [-0.4, -0.2) is 25.4 Å². The van der Waals surface area contributed by atoms with Crippen LogP contribution >= 0.6 is 0 Å². The van der Waals surface area contributed by atoms with Crippen molar-refractivity contribution in [1.82, 2.24) is 9.78 Å². The van der Waals surface area contributed by atoms with Crippen LogP contribution in [0.5, 0.6) is 0 Å². The first kappa shape index (κ1) is 11.1. The topological polar surface area (TPSA) is 81.2 Å². The van der Waals surface area contributed by atoms with E-state index in [1.807, 2.05) is 0 Å². The van der Waals surface area contributed by atoms with Gasteiger partial charge < -0.3 is 5.11 Å². The number of aliphatic hydroxyl groups is 1. The Balaban J connectivity index is 2.04. The molecule has 1 heterocycles. The van der Waals surface area contributed by atoms with E-state index < -0.39 is 10.5 Å². The van der Waals surface area contributed by atoms with Gasteiger partial charge in [0.2, 0.25) is 0 Å². The van der Waals surface area contributed by atoms with E-state index >= 15 is 0 Å². The fourth-order valence-electron chi connectivity index (χ4n) is 2.20. The number of hydrogen-bond donors (Lipinski definition) is 1. The highest BCUT2D eigenvalue weighted by atomic mass is 16.6. The molecule has 1 aliphatic rings. The summed E-state index contributed by atoms with van der Waals surface area (Å²) in [7, 11) is 0. The van der Waals surface area contributed by atoms with Gasteiger partial charge in [0.1, 0.15) is 12.4 Å². The highest BCUT2D eigenvalue weighted by Gasteiger charge is 2.30. The molecule has 0 unspecified atom stereocenters. The van der Waals surface area contributed by atoms with Crippen LogP contribution < -0.4 is 0 Å². The molecule has 1 aliphatic carbocycles. The Morgan fingerprint density at radius 2 is 2.19 bits per heavy atom. The summed E-state index contributed by atoms with van der Waals surface area (Å²) in [5, 5.41) is 24.6. The molecule has 1 fully saturated rings. The van der Waals surface area contributed by atoms with E-state index in [1.165, 1.54) is 17.1 Å². The third kappa shape index (κ3) is 2.38. The molecular formula is C10H15N3O3. The van der Waals surface area contributed by atoms with Crippen LogP contribution in [0.25, 0.3) is 0 Å². The molecule has 0 radical (unpaired) electrons. The molecule has 2 rings (SSSR count). The Morgan fingerprint density at radius 1 is 1.50 bits per heavy atom. The van der Waals surface area contributed by atoms with Gasteiger partial charge in [-0.15, -0.1) is 0 Å². The summed E-state index contributed by atoms with van der Waals surface area (Å²) in [5.41, 5.74) is -0.766. The second kappa shape index (κ2) is 4.21. The van der Waals surface area contributed by atoms with Crippen molar-refractivity contribution >= 4 is 5.69 Å². The van der Waals surface area contributed by atoms with E-state index in [1.54, 1.807) is 0 Å². The van der Waals surface area contributed by atoms with Crippen molar-refractivity contribution in [2.75, 3.05) is 0 Å². The first-order valence-corrected chi connectivity index (χ1v) is 5.48. The van der Waals surface area contributed by atoms with Gasteiger partial charge in [-0.2, -0.15) is 5.10 Å². The maximum atomic E-state index is 10.5. The van der Waals surface area contributed by atoms with Crippen molar-refractivity contribution in [3.8, 4) is 0 Å². The third-order valence-electron chi connectivity index (χ3n) is 3.07. The predicted octanol–water partition coefficient (Wildman–Crippen LogP) is 1.49. The maximum absolute atomic E-state index is 10.5. The first-order valence-electron chi connectivity index (χ1n) is 5.48. The fraction of sp³-hybridized carbons (Fsp3) is 0.700. The molecule has 6 heteroatoms. The first-order chi connectivity index (χ1) is 7.59. The summed E-state index contributed by atoms with van der Waals surface area (Å²) in [5.74, 6) is 0. The fourth-order valence-corrected chi connectivity index (χ4v) is 2.20. The van der Waals surface area contributed by atoms with Gasteiger partial charge in [-0.3, -0.25) is 14.8 Å². The molecule has 0 saturated heterocycles. The van der Waals surface area contributed by atoms with Crippen molar-refractivity contribution < 1.29 is 10.0 Å². The lowest BCUT2D eigenvalue weighted by Gasteiger charge is -2.31.